The molecule has 0 bridgehead atoms. The molecule has 0 radical (unpaired) electrons. The van der Waals surface area contributed by atoms with Crippen LogP contribution in [-0.2, 0) is 5.41 Å². The van der Waals surface area contributed by atoms with Crippen LogP contribution in [0.15, 0.2) is 194 Å². The summed E-state index contributed by atoms with van der Waals surface area (Å²) in [5.41, 5.74) is 15.6. The van der Waals surface area contributed by atoms with Crippen molar-refractivity contribution in [2.45, 2.75) is 19.3 Å². The zero-order valence-corrected chi connectivity index (χ0v) is 31.0. The highest BCUT2D eigenvalue weighted by Crippen LogP contribution is 2.54. The minimum absolute atomic E-state index is 0.0730. The first kappa shape index (κ1) is 31.7. The summed E-state index contributed by atoms with van der Waals surface area (Å²) in [6, 6.07) is 72.1. The molecule has 11 rings (SSSR count). The molecule has 1 aliphatic rings. The Morgan fingerprint density at radius 1 is 0.255 bits per heavy atom. The van der Waals surface area contributed by atoms with Crippen LogP contribution in [-0.4, -0.2) is 0 Å². The van der Waals surface area contributed by atoms with E-state index in [1.165, 1.54) is 110 Å². The minimum Gasteiger partial charge on any atom is -0.0616 e. The summed E-state index contributed by atoms with van der Waals surface area (Å²) in [5.74, 6) is 0. The highest BCUT2D eigenvalue weighted by Gasteiger charge is 2.37. The monoisotopic (exact) mass is 698 g/mol. The lowest BCUT2D eigenvalue weighted by Crippen LogP contribution is -2.14. The predicted molar refractivity (Wildman–Crippen MR) is 236 cm³/mol. The summed E-state index contributed by atoms with van der Waals surface area (Å²) in [6.07, 6.45) is 0. The number of rotatable bonds is 4. The average molecular weight is 699 g/mol. The molecule has 0 saturated heterocycles. The van der Waals surface area contributed by atoms with Crippen molar-refractivity contribution in [2.75, 3.05) is 0 Å². The zero-order chi connectivity index (χ0) is 36.7. The molecule has 10 aromatic carbocycles. The molecule has 0 aromatic heterocycles. The maximum atomic E-state index is 2.37. The largest absolute Gasteiger partial charge is 0.0616 e. The molecular weight excluding hydrogens is 661 g/mol. The van der Waals surface area contributed by atoms with E-state index in [-0.39, 0.29) is 5.41 Å². The molecule has 0 fully saturated rings. The third-order valence-electron chi connectivity index (χ3n) is 12.3. The van der Waals surface area contributed by atoms with Gasteiger partial charge in [0.1, 0.15) is 0 Å². The number of fused-ring (bicyclic) bond motifs is 8. The van der Waals surface area contributed by atoms with Crippen molar-refractivity contribution in [1.82, 2.24) is 0 Å². The topological polar surface area (TPSA) is 0 Å². The summed E-state index contributed by atoms with van der Waals surface area (Å²) in [6.45, 7) is 4.75. The average Bonchev–Trinajstić information content (AvgIpc) is 3.49. The molecule has 0 amide bonds. The Bertz CT molecular complexity index is 3100. The Kier molecular flexibility index (Phi) is 7.00. The molecule has 0 N–H and O–H groups in total. The predicted octanol–water partition coefficient (Wildman–Crippen LogP) is 15.3. The van der Waals surface area contributed by atoms with Crippen LogP contribution in [0.1, 0.15) is 25.0 Å². The molecule has 0 aliphatic heterocycles. The molecule has 55 heavy (non-hydrogen) atoms. The van der Waals surface area contributed by atoms with Crippen LogP contribution in [0.3, 0.4) is 0 Å². The fraction of sp³-hybridized carbons (Fsp3) is 0.0545. The van der Waals surface area contributed by atoms with E-state index in [0.29, 0.717) is 0 Å². The van der Waals surface area contributed by atoms with Crippen molar-refractivity contribution in [3.05, 3.63) is 205 Å². The highest BCUT2D eigenvalue weighted by molar-refractivity contribution is 6.23. The van der Waals surface area contributed by atoms with Crippen LogP contribution in [0, 0.1) is 0 Å². The quantitative estimate of drug-likeness (QED) is 0.161. The van der Waals surface area contributed by atoms with Crippen molar-refractivity contribution in [2.24, 2.45) is 0 Å². The van der Waals surface area contributed by atoms with E-state index in [4.69, 9.17) is 0 Å². The molecule has 1 aliphatic carbocycles. The maximum absolute atomic E-state index is 2.37. The second-order valence-corrected chi connectivity index (χ2v) is 15.6. The summed E-state index contributed by atoms with van der Waals surface area (Å²) in [4.78, 5) is 0. The Labute approximate surface area is 322 Å². The fourth-order valence-electron chi connectivity index (χ4n) is 9.73. The van der Waals surface area contributed by atoms with Gasteiger partial charge in [-0.05, 0) is 110 Å². The van der Waals surface area contributed by atoms with E-state index in [0.717, 1.165) is 0 Å². The lowest BCUT2D eigenvalue weighted by Gasteiger charge is -2.22. The van der Waals surface area contributed by atoms with Crippen molar-refractivity contribution in [1.29, 1.82) is 0 Å². The summed E-state index contributed by atoms with van der Waals surface area (Å²) < 4.78 is 0. The van der Waals surface area contributed by atoms with Gasteiger partial charge in [-0.15, -0.1) is 0 Å². The van der Waals surface area contributed by atoms with Gasteiger partial charge in [0.2, 0.25) is 0 Å². The molecule has 0 spiro atoms. The van der Waals surface area contributed by atoms with E-state index < -0.39 is 0 Å². The molecule has 10 aromatic rings. The van der Waals surface area contributed by atoms with E-state index in [9.17, 15) is 0 Å². The Hall–Kier alpha value is -6.76. The van der Waals surface area contributed by atoms with E-state index in [1.54, 1.807) is 0 Å². The van der Waals surface area contributed by atoms with Crippen LogP contribution < -0.4 is 0 Å². The maximum Gasteiger partial charge on any atom is 0.0159 e. The Morgan fingerprint density at radius 3 is 1.40 bits per heavy atom. The van der Waals surface area contributed by atoms with Gasteiger partial charge < -0.3 is 0 Å². The van der Waals surface area contributed by atoms with Crippen molar-refractivity contribution in [3.63, 3.8) is 0 Å². The number of benzene rings is 10. The van der Waals surface area contributed by atoms with E-state index in [2.05, 4.69) is 208 Å². The molecule has 0 heteroatoms. The standard InChI is InChI=1S/C55H38/c1-55(2)49-28-14-26-41(53(49)54-40-19-6-4-16-36(40)33-34-50(54)55)37-29-31-38(32-30-37)51-45-22-9-11-24-47(45)52(48-25-12-10-23-46(48)51)44-21-8-7-20-43(44)42-27-13-17-35-15-3-5-18-39(35)42/h3-34H,1-2H3. The van der Waals surface area contributed by atoms with Gasteiger partial charge in [-0.25, -0.2) is 0 Å². The summed E-state index contributed by atoms with van der Waals surface area (Å²) in [7, 11) is 0. The zero-order valence-electron chi connectivity index (χ0n) is 31.0. The summed E-state index contributed by atoms with van der Waals surface area (Å²) in [5, 5.41) is 10.2. The Balaban J connectivity index is 1.11. The third-order valence-corrected chi connectivity index (χ3v) is 12.3. The molecule has 0 saturated carbocycles. The normalized spacial score (nSPS) is 13.1. The van der Waals surface area contributed by atoms with Crippen LogP contribution in [0.2, 0.25) is 0 Å². The first-order chi connectivity index (χ1) is 27.1. The lowest BCUT2D eigenvalue weighted by molar-refractivity contribution is 0.661. The first-order valence-electron chi connectivity index (χ1n) is 19.4. The van der Waals surface area contributed by atoms with Gasteiger partial charge in [0, 0.05) is 5.41 Å². The van der Waals surface area contributed by atoms with Crippen LogP contribution in [0.4, 0.5) is 0 Å². The van der Waals surface area contributed by atoms with Gasteiger partial charge in [-0.3, -0.25) is 0 Å². The molecular formula is C55H38. The van der Waals surface area contributed by atoms with Crippen molar-refractivity contribution < 1.29 is 0 Å². The lowest BCUT2D eigenvalue weighted by atomic mass is 9.81. The van der Waals surface area contributed by atoms with Gasteiger partial charge >= 0.3 is 0 Å². The van der Waals surface area contributed by atoms with Crippen molar-refractivity contribution in [3.8, 4) is 55.6 Å². The first-order valence-corrected chi connectivity index (χ1v) is 19.4. The fourth-order valence-corrected chi connectivity index (χ4v) is 9.73. The van der Waals surface area contributed by atoms with Crippen LogP contribution in [0.5, 0.6) is 0 Å². The smallest absolute Gasteiger partial charge is 0.0159 e. The van der Waals surface area contributed by atoms with Gasteiger partial charge in [-0.2, -0.15) is 0 Å². The van der Waals surface area contributed by atoms with E-state index >= 15 is 0 Å². The van der Waals surface area contributed by atoms with Gasteiger partial charge in [0.15, 0.2) is 0 Å². The highest BCUT2D eigenvalue weighted by atomic mass is 14.4. The number of hydrogen-bond acceptors (Lipinski definition) is 0. The second kappa shape index (κ2) is 12.1. The Morgan fingerprint density at radius 2 is 0.709 bits per heavy atom. The van der Waals surface area contributed by atoms with E-state index in [1.807, 2.05) is 0 Å². The second-order valence-electron chi connectivity index (χ2n) is 15.6. The van der Waals surface area contributed by atoms with Crippen molar-refractivity contribution >= 4 is 43.1 Å². The van der Waals surface area contributed by atoms with Gasteiger partial charge in [-0.1, -0.05) is 208 Å². The minimum atomic E-state index is -0.0730. The molecule has 0 nitrogen and oxygen atoms in total. The third kappa shape index (κ3) is 4.71. The molecule has 0 unspecified atom stereocenters. The van der Waals surface area contributed by atoms with Crippen LogP contribution >= 0.6 is 0 Å². The molecule has 258 valence electrons. The van der Waals surface area contributed by atoms with Crippen LogP contribution in [0.25, 0.3) is 98.7 Å². The number of hydrogen-bond donors (Lipinski definition) is 0. The SMILES string of the molecule is CC1(C)c2cccc(-c3ccc(-c4c5ccccc5c(-c5ccccc5-c5cccc6ccccc56)c5ccccc45)cc3)c2-c2c1ccc1ccccc21. The summed E-state index contributed by atoms with van der Waals surface area (Å²) >= 11 is 0. The molecule has 0 heterocycles. The van der Waals surface area contributed by atoms with Gasteiger partial charge in [0.25, 0.3) is 0 Å². The molecule has 0 atom stereocenters. The van der Waals surface area contributed by atoms with Gasteiger partial charge in [0.05, 0.1) is 0 Å².